The van der Waals surface area contributed by atoms with E-state index in [4.69, 9.17) is 10.5 Å². The first-order valence-corrected chi connectivity index (χ1v) is 6.32. The zero-order valence-corrected chi connectivity index (χ0v) is 10.2. The van der Waals surface area contributed by atoms with Gasteiger partial charge >= 0.3 is 0 Å². The molecule has 17 heavy (non-hydrogen) atoms. The van der Waals surface area contributed by atoms with E-state index < -0.39 is 5.92 Å². The van der Waals surface area contributed by atoms with Gasteiger partial charge in [0.2, 0.25) is 0 Å². The lowest BCUT2D eigenvalue weighted by atomic mass is 10.2. The number of hydrogen-bond donors (Lipinski definition) is 1. The van der Waals surface area contributed by atoms with E-state index in [9.17, 15) is 8.78 Å². The monoisotopic (exact) mass is 263 g/mol. The molecule has 2 N–H and O–H groups in total. The van der Waals surface area contributed by atoms with Crippen molar-refractivity contribution in [3.63, 3.8) is 0 Å². The highest BCUT2D eigenvalue weighted by atomic mass is 32.1. The predicted octanol–water partition coefficient (Wildman–Crippen LogP) is 1.42. The van der Waals surface area contributed by atoms with Gasteiger partial charge in [-0.15, -0.1) is 0 Å². The number of ether oxygens (including phenoxy) is 1. The van der Waals surface area contributed by atoms with Crippen LogP contribution in [0.4, 0.5) is 13.9 Å². The molecule has 0 amide bonds. The lowest BCUT2D eigenvalue weighted by molar-refractivity contribution is -0.00702. The Morgan fingerprint density at radius 3 is 2.82 bits per heavy atom. The molecule has 0 saturated carbocycles. The summed E-state index contributed by atoms with van der Waals surface area (Å²) in [6, 6.07) is 0. The van der Waals surface area contributed by atoms with Crippen LogP contribution in [0.5, 0.6) is 0 Å². The van der Waals surface area contributed by atoms with Gasteiger partial charge in [0, 0.05) is 25.7 Å². The third-order valence-corrected chi connectivity index (χ3v) is 3.76. The summed E-state index contributed by atoms with van der Waals surface area (Å²) in [6.07, 6.45) is 0.920. The number of thiazole rings is 1. The van der Waals surface area contributed by atoms with E-state index in [0.717, 1.165) is 11.3 Å². The summed E-state index contributed by atoms with van der Waals surface area (Å²) in [5, 5.41) is 0.639. The third kappa shape index (κ3) is 2.91. The average molecular weight is 263 g/mol. The van der Waals surface area contributed by atoms with Gasteiger partial charge in [0.15, 0.2) is 5.13 Å². The molecule has 0 spiro atoms. The Kier molecular flexibility index (Phi) is 3.90. The number of hydrogen-bond acceptors (Lipinski definition) is 5. The molecule has 0 aromatic carbocycles. The van der Waals surface area contributed by atoms with Crippen molar-refractivity contribution in [1.82, 2.24) is 4.98 Å². The number of rotatable bonds is 4. The molecule has 1 aromatic heterocycles. The van der Waals surface area contributed by atoms with Crippen molar-refractivity contribution in [2.45, 2.75) is 12.3 Å². The molecule has 1 saturated heterocycles. The van der Waals surface area contributed by atoms with Crippen LogP contribution in [0.1, 0.15) is 11.3 Å². The lowest BCUT2D eigenvalue weighted by Gasteiger charge is -2.26. The Balaban J connectivity index is 2.09. The van der Waals surface area contributed by atoms with Gasteiger partial charge < -0.3 is 15.4 Å². The molecule has 0 radical (unpaired) electrons. The summed E-state index contributed by atoms with van der Waals surface area (Å²) >= 11 is 1.04. The van der Waals surface area contributed by atoms with Crippen LogP contribution in [0.2, 0.25) is 0 Å². The SMILES string of the molecule is NCCC(F)(F)c1cnc(N2CCOCC2)s1. The molecule has 7 heteroatoms. The van der Waals surface area contributed by atoms with Crippen LogP contribution in [0.15, 0.2) is 6.20 Å². The standard InChI is InChI=1S/C10H15F2N3OS/c11-10(12,1-2-13)8-7-14-9(17-8)15-3-5-16-6-4-15/h7H,1-6,13H2. The van der Waals surface area contributed by atoms with Crippen molar-refractivity contribution in [2.75, 3.05) is 37.7 Å². The molecule has 0 unspecified atom stereocenters. The smallest absolute Gasteiger partial charge is 0.285 e. The molecule has 2 rings (SSSR count). The second kappa shape index (κ2) is 5.24. The number of nitrogens with zero attached hydrogens (tertiary/aromatic N) is 2. The topological polar surface area (TPSA) is 51.4 Å². The van der Waals surface area contributed by atoms with E-state index in [2.05, 4.69) is 4.98 Å². The van der Waals surface area contributed by atoms with E-state index in [1.165, 1.54) is 6.20 Å². The van der Waals surface area contributed by atoms with Crippen molar-refractivity contribution in [1.29, 1.82) is 0 Å². The second-order valence-electron chi connectivity index (χ2n) is 3.85. The molecule has 1 aromatic rings. The second-order valence-corrected chi connectivity index (χ2v) is 4.86. The molecule has 0 bridgehead atoms. The highest BCUT2D eigenvalue weighted by molar-refractivity contribution is 7.15. The molecular formula is C10H15F2N3OS. The molecule has 1 aliphatic rings. The minimum Gasteiger partial charge on any atom is -0.378 e. The maximum atomic E-state index is 13.6. The van der Waals surface area contributed by atoms with Crippen LogP contribution < -0.4 is 10.6 Å². The molecule has 1 aliphatic heterocycles. The van der Waals surface area contributed by atoms with E-state index in [-0.39, 0.29) is 17.8 Å². The Hall–Kier alpha value is -0.790. The number of morpholine rings is 1. The van der Waals surface area contributed by atoms with Gasteiger partial charge in [0.05, 0.1) is 18.1 Å². The molecule has 0 atom stereocenters. The van der Waals surface area contributed by atoms with E-state index in [1.807, 2.05) is 4.90 Å². The Morgan fingerprint density at radius 1 is 1.47 bits per heavy atom. The molecule has 4 nitrogen and oxygen atoms in total. The summed E-state index contributed by atoms with van der Waals surface area (Å²) in [4.78, 5) is 6.02. The number of halogens is 2. The van der Waals surface area contributed by atoms with Crippen LogP contribution in [-0.4, -0.2) is 37.8 Å². The van der Waals surface area contributed by atoms with Crippen molar-refractivity contribution >= 4 is 16.5 Å². The zero-order chi connectivity index (χ0) is 12.3. The first-order valence-electron chi connectivity index (χ1n) is 5.50. The van der Waals surface area contributed by atoms with Crippen molar-refractivity contribution in [2.24, 2.45) is 5.73 Å². The van der Waals surface area contributed by atoms with E-state index in [1.54, 1.807) is 0 Å². The third-order valence-electron chi connectivity index (χ3n) is 2.59. The number of aromatic nitrogens is 1. The van der Waals surface area contributed by atoms with Gasteiger partial charge in [-0.3, -0.25) is 0 Å². The van der Waals surface area contributed by atoms with E-state index >= 15 is 0 Å². The largest absolute Gasteiger partial charge is 0.378 e. The minimum absolute atomic E-state index is 0.00978. The number of alkyl halides is 2. The van der Waals surface area contributed by atoms with Crippen LogP contribution in [-0.2, 0) is 10.7 Å². The minimum atomic E-state index is -2.86. The van der Waals surface area contributed by atoms with Gasteiger partial charge in [-0.1, -0.05) is 11.3 Å². The van der Waals surface area contributed by atoms with Gasteiger partial charge in [0.1, 0.15) is 0 Å². The number of anilines is 1. The highest BCUT2D eigenvalue weighted by Crippen LogP contribution is 2.37. The number of nitrogens with two attached hydrogens (primary N) is 1. The first kappa shape index (κ1) is 12.7. The summed E-state index contributed by atoms with van der Waals surface area (Å²) in [6.45, 7) is 2.62. The fraction of sp³-hybridized carbons (Fsp3) is 0.700. The Morgan fingerprint density at radius 2 is 2.18 bits per heavy atom. The predicted molar refractivity (Wildman–Crippen MR) is 62.7 cm³/mol. The van der Waals surface area contributed by atoms with Gasteiger partial charge in [0.25, 0.3) is 5.92 Å². The summed E-state index contributed by atoms with van der Waals surface area (Å²) in [7, 11) is 0. The maximum Gasteiger partial charge on any atom is 0.285 e. The summed E-state index contributed by atoms with van der Waals surface area (Å²) in [5.41, 5.74) is 5.18. The summed E-state index contributed by atoms with van der Waals surface area (Å²) in [5.74, 6) is -2.86. The van der Waals surface area contributed by atoms with Crippen molar-refractivity contribution in [3.05, 3.63) is 11.1 Å². The Bertz CT molecular complexity index is 366. The maximum absolute atomic E-state index is 13.6. The molecule has 96 valence electrons. The molecule has 0 aliphatic carbocycles. The Labute approximate surface area is 102 Å². The summed E-state index contributed by atoms with van der Waals surface area (Å²) < 4.78 is 32.4. The van der Waals surface area contributed by atoms with Gasteiger partial charge in [-0.25, -0.2) is 13.8 Å². The van der Waals surface area contributed by atoms with Crippen molar-refractivity contribution in [3.8, 4) is 0 Å². The molecular weight excluding hydrogens is 248 g/mol. The quantitative estimate of drug-likeness (QED) is 0.892. The van der Waals surface area contributed by atoms with Crippen LogP contribution in [0, 0.1) is 0 Å². The van der Waals surface area contributed by atoms with Crippen LogP contribution >= 0.6 is 11.3 Å². The highest BCUT2D eigenvalue weighted by Gasteiger charge is 2.33. The van der Waals surface area contributed by atoms with Gasteiger partial charge in [-0.05, 0) is 6.54 Å². The van der Waals surface area contributed by atoms with Crippen molar-refractivity contribution < 1.29 is 13.5 Å². The van der Waals surface area contributed by atoms with Gasteiger partial charge in [-0.2, -0.15) is 0 Å². The first-order chi connectivity index (χ1) is 8.13. The van der Waals surface area contributed by atoms with Crippen LogP contribution in [0.3, 0.4) is 0 Å². The molecule has 1 fully saturated rings. The zero-order valence-electron chi connectivity index (χ0n) is 9.36. The lowest BCUT2D eigenvalue weighted by Crippen LogP contribution is -2.36. The normalized spacial score (nSPS) is 17.5. The van der Waals surface area contributed by atoms with Crippen LogP contribution in [0.25, 0.3) is 0 Å². The fourth-order valence-electron chi connectivity index (χ4n) is 1.64. The van der Waals surface area contributed by atoms with E-state index in [0.29, 0.717) is 31.4 Å². The molecule has 2 heterocycles. The average Bonchev–Trinajstić information content (AvgIpc) is 2.80. The fourth-order valence-corrected chi connectivity index (χ4v) is 2.61.